The molecule has 0 amide bonds. The maximum atomic E-state index is 13.1. The molecule has 2 heteroatoms. The number of halogens is 1. The van der Waals surface area contributed by atoms with E-state index in [4.69, 9.17) is 4.74 Å². The fourth-order valence-corrected chi connectivity index (χ4v) is 2.82. The third-order valence-corrected chi connectivity index (χ3v) is 3.81. The second-order valence-corrected chi connectivity index (χ2v) is 5.33. The van der Waals surface area contributed by atoms with Crippen LogP contribution in [-0.4, -0.2) is 0 Å². The predicted molar refractivity (Wildman–Crippen MR) is 73.8 cm³/mol. The van der Waals surface area contributed by atoms with E-state index in [1.54, 1.807) is 6.07 Å². The van der Waals surface area contributed by atoms with Gasteiger partial charge in [-0.05, 0) is 48.2 Å². The van der Waals surface area contributed by atoms with E-state index >= 15 is 0 Å². The minimum atomic E-state index is -0.218. The lowest BCUT2D eigenvalue weighted by Gasteiger charge is -2.20. The predicted octanol–water partition coefficient (Wildman–Crippen LogP) is 4.45. The van der Waals surface area contributed by atoms with Crippen molar-refractivity contribution in [2.75, 3.05) is 0 Å². The normalized spacial score (nSPS) is 21.2. The molecule has 0 aromatic heterocycles. The van der Waals surface area contributed by atoms with Crippen LogP contribution in [0.15, 0.2) is 42.5 Å². The van der Waals surface area contributed by atoms with Crippen molar-refractivity contribution in [2.24, 2.45) is 5.92 Å². The molecule has 1 unspecified atom stereocenters. The molecule has 1 nitrogen and oxygen atoms in total. The summed E-state index contributed by atoms with van der Waals surface area (Å²) in [4.78, 5) is 0. The topological polar surface area (TPSA) is 9.23 Å². The molecule has 0 saturated carbocycles. The molecule has 2 aromatic rings. The number of benzene rings is 2. The molecule has 0 spiro atoms. The Kier molecular flexibility index (Phi) is 3.02. The van der Waals surface area contributed by atoms with Crippen molar-refractivity contribution in [1.82, 2.24) is 0 Å². The largest absolute Gasteiger partial charge is 0.485 e. The zero-order valence-corrected chi connectivity index (χ0v) is 11.2. The molecular weight excluding hydrogens is 239 g/mol. The summed E-state index contributed by atoms with van der Waals surface area (Å²) in [6.45, 7) is 4.08. The Labute approximate surface area is 113 Å². The lowest BCUT2D eigenvalue weighted by Crippen LogP contribution is -2.12. The molecule has 0 saturated heterocycles. The van der Waals surface area contributed by atoms with Crippen LogP contribution in [0.3, 0.4) is 0 Å². The van der Waals surface area contributed by atoms with Crippen LogP contribution in [-0.2, 0) is 6.42 Å². The first-order valence-corrected chi connectivity index (χ1v) is 6.66. The van der Waals surface area contributed by atoms with E-state index in [0.717, 1.165) is 17.7 Å². The van der Waals surface area contributed by atoms with Crippen LogP contribution in [0.25, 0.3) is 0 Å². The highest BCUT2D eigenvalue weighted by molar-refractivity contribution is 5.38. The second kappa shape index (κ2) is 4.69. The highest BCUT2D eigenvalue weighted by Gasteiger charge is 2.30. The molecule has 19 heavy (non-hydrogen) atoms. The van der Waals surface area contributed by atoms with Gasteiger partial charge in [-0.15, -0.1) is 0 Å². The number of hydrogen-bond acceptors (Lipinski definition) is 1. The molecule has 1 aliphatic rings. The highest BCUT2D eigenvalue weighted by atomic mass is 19.1. The first kappa shape index (κ1) is 12.2. The van der Waals surface area contributed by atoms with Crippen LogP contribution in [0.2, 0.25) is 0 Å². The Bertz CT molecular complexity index is 606. The van der Waals surface area contributed by atoms with E-state index in [1.807, 2.05) is 13.0 Å². The van der Waals surface area contributed by atoms with Crippen molar-refractivity contribution in [1.29, 1.82) is 0 Å². The lowest BCUT2D eigenvalue weighted by molar-refractivity contribution is 0.158. The molecule has 1 aliphatic carbocycles. The maximum Gasteiger partial charge on any atom is 0.127 e. The van der Waals surface area contributed by atoms with E-state index in [-0.39, 0.29) is 11.9 Å². The third-order valence-electron chi connectivity index (χ3n) is 3.81. The van der Waals surface area contributed by atoms with Gasteiger partial charge in [-0.1, -0.05) is 31.2 Å². The molecule has 0 heterocycles. The summed E-state index contributed by atoms with van der Waals surface area (Å²) in [5, 5.41) is 0. The van der Waals surface area contributed by atoms with Gasteiger partial charge in [0, 0.05) is 5.92 Å². The van der Waals surface area contributed by atoms with Crippen molar-refractivity contribution >= 4 is 0 Å². The second-order valence-electron chi connectivity index (χ2n) is 5.33. The minimum absolute atomic E-state index is 0.0698. The summed E-state index contributed by atoms with van der Waals surface area (Å²) >= 11 is 0. The molecule has 0 fully saturated rings. The van der Waals surface area contributed by atoms with Gasteiger partial charge in [-0.2, -0.15) is 0 Å². The number of fused-ring (bicyclic) bond motifs is 1. The maximum absolute atomic E-state index is 13.1. The van der Waals surface area contributed by atoms with Crippen molar-refractivity contribution in [2.45, 2.75) is 26.4 Å². The van der Waals surface area contributed by atoms with Gasteiger partial charge in [-0.3, -0.25) is 0 Å². The van der Waals surface area contributed by atoms with Crippen LogP contribution in [0.4, 0.5) is 4.39 Å². The first-order valence-electron chi connectivity index (χ1n) is 6.66. The molecule has 98 valence electrons. The average Bonchev–Trinajstić information content (AvgIpc) is 2.69. The van der Waals surface area contributed by atoms with Gasteiger partial charge in [0.15, 0.2) is 0 Å². The minimum Gasteiger partial charge on any atom is -0.485 e. The van der Waals surface area contributed by atoms with Crippen molar-refractivity contribution in [3.63, 3.8) is 0 Å². The van der Waals surface area contributed by atoms with Gasteiger partial charge in [-0.25, -0.2) is 4.39 Å². The van der Waals surface area contributed by atoms with Gasteiger partial charge >= 0.3 is 0 Å². The Morgan fingerprint density at radius 1 is 1.16 bits per heavy atom. The van der Waals surface area contributed by atoms with E-state index in [1.165, 1.54) is 23.3 Å². The van der Waals surface area contributed by atoms with E-state index in [0.29, 0.717) is 5.92 Å². The molecule has 2 aromatic carbocycles. The Hall–Kier alpha value is -1.83. The van der Waals surface area contributed by atoms with Crippen molar-refractivity contribution < 1.29 is 9.13 Å². The summed E-state index contributed by atoms with van der Waals surface area (Å²) in [6.07, 6.45) is 1.11. The number of aryl methyl sites for hydroxylation is 1. The average molecular weight is 256 g/mol. The van der Waals surface area contributed by atoms with E-state index in [2.05, 4.69) is 25.1 Å². The zero-order chi connectivity index (χ0) is 13.4. The number of hydrogen-bond donors (Lipinski definition) is 0. The molecule has 2 atom stereocenters. The van der Waals surface area contributed by atoms with Crippen LogP contribution < -0.4 is 4.74 Å². The Balaban J connectivity index is 1.91. The standard InChI is InChI=1S/C17H17FO/c1-11-10-14(18)7-8-16(11)19-17-12(2)9-13-5-3-4-6-15(13)17/h3-8,10,12,17H,9H2,1-2H3/t12-,17?/m1/s1. The first-order chi connectivity index (χ1) is 9.15. The van der Waals surface area contributed by atoms with Gasteiger partial charge in [0.1, 0.15) is 17.7 Å². The SMILES string of the molecule is Cc1cc(F)ccc1OC1c2ccccc2C[C@H]1C. The molecule has 0 radical (unpaired) electrons. The third kappa shape index (κ3) is 2.23. The monoisotopic (exact) mass is 256 g/mol. The molecular formula is C17H17FO. The summed E-state index contributed by atoms with van der Waals surface area (Å²) in [7, 11) is 0. The van der Waals surface area contributed by atoms with Crippen LogP contribution in [0.5, 0.6) is 5.75 Å². The van der Waals surface area contributed by atoms with Crippen LogP contribution in [0.1, 0.15) is 29.7 Å². The summed E-state index contributed by atoms with van der Waals surface area (Å²) in [5.41, 5.74) is 3.47. The van der Waals surface area contributed by atoms with Gasteiger partial charge < -0.3 is 4.74 Å². The summed E-state index contributed by atoms with van der Waals surface area (Å²) in [5.74, 6) is 1.00. The molecule has 0 aliphatic heterocycles. The smallest absolute Gasteiger partial charge is 0.127 e. The van der Waals surface area contributed by atoms with Gasteiger partial charge in [0.05, 0.1) is 0 Å². The van der Waals surface area contributed by atoms with Gasteiger partial charge in [0.2, 0.25) is 0 Å². The number of ether oxygens (including phenoxy) is 1. The fraction of sp³-hybridized carbons (Fsp3) is 0.294. The fourth-order valence-electron chi connectivity index (χ4n) is 2.82. The number of rotatable bonds is 2. The van der Waals surface area contributed by atoms with Gasteiger partial charge in [0.25, 0.3) is 0 Å². The molecule has 0 N–H and O–H groups in total. The van der Waals surface area contributed by atoms with Crippen molar-refractivity contribution in [3.05, 3.63) is 65.0 Å². The lowest BCUT2D eigenvalue weighted by atomic mass is 10.1. The Morgan fingerprint density at radius 3 is 2.74 bits per heavy atom. The quantitative estimate of drug-likeness (QED) is 0.771. The van der Waals surface area contributed by atoms with Crippen LogP contribution in [0, 0.1) is 18.7 Å². The van der Waals surface area contributed by atoms with Crippen molar-refractivity contribution in [3.8, 4) is 5.75 Å². The zero-order valence-electron chi connectivity index (χ0n) is 11.2. The van der Waals surface area contributed by atoms with Crippen LogP contribution >= 0.6 is 0 Å². The van der Waals surface area contributed by atoms with E-state index in [9.17, 15) is 4.39 Å². The molecule has 3 rings (SSSR count). The highest BCUT2D eigenvalue weighted by Crippen LogP contribution is 2.39. The summed E-state index contributed by atoms with van der Waals surface area (Å²) in [6, 6.07) is 13.1. The van der Waals surface area contributed by atoms with E-state index < -0.39 is 0 Å². The Morgan fingerprint density at radius 2 is 1.95 bits per heavy atom. The molecule has 0 bridgehead atoms. The summed E-state index contributed by atoms with van der Waals surface area (Å²) < 4.78 is 19.3.